The predicted octanol–water partition coefficient (Wildman–Crippen LogP) is 3.56. The maximum atomic E-state index is 12.2. The summed E-state index contributed by atoms with van der Waals surface area (Å²) in [5, 5.41) is 3.02. The number of hydrogen-bond donors (Lipinski definition) is 1. The smallest absolute Gasteiger partial charge is 0.234 e. The van der Waals surface area contributed by atoms with E-state index in [1.807, 2.05) is 31.0 Å². The van der Waals surface area contributed by atoms with Crippen molar-refractivity contribution < 1.29 is 9.21 Å². The largest absolute Gasteiger partial charge is 0.468 e. The van der Waals surface area contributed by atoms with Gasteiger partial charge in [-0.25, -0.2) is 0 Å². The quantitative estimate of drug-likeness (QED) is 0.845. The van der Waals surface area contributed by atoms with Crippen LogP contribution in [-0.4, -0.2) is 30.9 Å². The minimum absolute atomic E-state index is 0.0401. The highest BCUT2D eigenvalue weighted by molar-refractivity contribution is 5.78. The zero-order valence-electron chi connectivity index (χ0n) is 15.3. The van der Waals surface area contributed by atoms with Gasteiger partial charge in [-0.3, -0.25) is 9.69 Å². The Labute approximate surface area is 144 Å². The summed E-state index contributed by atoms with van der Waals surface area (Å²) in [5.74, 6) is 0.912. The number of rotatable bonds is 7. The molecule has 0 aliphatic heterocycles. The second-order valence-electron chi connectivity index (χ2n) is 6.58. The summed E-state index contributed by atoms with van der Waals surface area (Å²) >= 11 is 0. The van der Waals surface area contributed by atoms with Crippen molar-refractivity contribution in [3.63, 3.8) is 0 Å². The highest BCUT2D eigenvalue weighted by Gasteiger charge is 2.16. The fourth-order valence-corrected chi connectivity index (χ4v) is 3.10. The molecule has 130 valence electrons. The molecular weight excluding hydrogens is 300 g/mol. The number of aryl methyl sites for hydroxylation is 3. The van der Waals surface area contributed by atoms with Crippen LogP contribution < -0.4 is 5.32 Å². The van der Waals surface area contributed by atoms with Gasteiger partial charge in [0, 0.05) is 6.54 Å². The highest BCUT2D eigenvalue weighted by Crippen LogP contribution is 2.18. The Morgan fingerprint density at radius 1 is 1.25 bits per heavy atom. The number of carbonyl (C=O) groups excluding carboxylic acids is 1. The van der Waals surface area contributed by atoms with Gasteiger partial charge in [0.05, 0.1) is 18.8 Å². The Morgan fingerprint density at radius 2 is 1.92 bits per heavy atom. The first-order chi connectivity index (χ1) is 11.4. The summed E-state index contributed by atoms with van der Waals surface area (Å²) in [7, 11) is 1.93. The molecule has 1 N–H and O–H groups in total. The number of nitrogens with zero attached hydrogens (tertiary/aromatic N) is 1. The van der Waals surface area contributed by atoms with Gasteiger partial charge < -0.3 is 9.73 Å². The van der Waals surface area contributed by atoms with Crippen LogP contribution in [0.1, 0.15) is 41.0 Å². The number of amides is 1. The van der Waals surface area contributed by atoms with Gasteiger partial charge in [-0.2, -0.15) is 0 Å². The molecule has 1 amide bonds. The topological polar surface area (TPSA) is 45.5 Å². The van der Waals surface area contributed by atoms with E-state index >= 15 is 0 Å². The van der Waals surface area contributed by atoms with Crippen molar-refractivity contribution in [2.75, 3.05) is 20.1 Å². The molecule has 0 bridgehead atoms. The van der Waals surface area contributed by atoms with Gasteiger partial charge in [-0.15, -0.1) is 0 Å². The molecule has 0 aliphatic rings. The first-order valence-electron chi connectivity index (χ1n) is 8.45. The lowest BCUT2D eigenvalue weighted by Crippen LogP contribution is -2.37. The van der Waals surface area contributed by atoms with Crippen LogP contribution in [-0.2, 0) is 11.2 Å². The maximum absolute atomic E-state index is 12.2. The molecule has 2 rings (SSSR count). The van der Waals surface area contributed by atoms with Crippen LogP contribution in [0.15, 0.2) is 34.9 Å². The van der Waals surface area contributed by atoms with E-state index in [-0.39, 0.29) is 11.9 Å². The lowest BCUT2D eigenvalue weighted by Gasteiger charge is -2.22. The van der Waals surface area contributed by atoms with E-state index in [2.05, 4.69) is 38.2 Å². The number of benzene rings is 1. The highest BCUT2D eigenvalue weighted by atomic mass is 16.3. The monoisotopic (exact) mass is 328 g/mol. The molecule has 1 unspecified atom stereocenters. The number of furan rings is 1. The van der Waals surface area contributed by atoms with Crippen molar-refractivity contribution in [2.24, 2.45) is 0 Å². The van der Waals surface area contributed by atoms with Crippen molar-refractivity contribution in [1.82, 2.24) is 10.2 Å². The average molecular weight is 328 g/mol. The van der Waals surface area contributed by atoms with Gasteiger partial charge in [0.25, 0.3) is 0 Å². The molecule has 0 saturated heterocycles. The fourth-order valence-electron chi connectivity index (χ4n) is 3.10. The third kappa shape index (κ3) is 4.71. The van der Waals surface area contributed by atoms with Gasteiger partial charge in [0.15, 0.2) is 0 Å². The Hall–Kier alpha value is -2.07. The van der Waals surface area contributed by atoms with Crippen molar-refractivity contribution in [1.29, 1.82) is 0 Å². The van der Waals surface area contributed by atoms with Crippen molar-refractivity contribution >= 4 is 5.91 Å². The van der Waals surface area contributed by atoms with E-state index in [1.165, 1.54) is 22.3 Å². The summed E-state index contributed by atoms with van der Waals surface area (Å²) in [5.41, 5.74) is 5.21. The summed E-state index contributed by atoms with van der Waals surface area (Å²) in [6.07, 6.45) is 2.52. The summed E-state index contributed by atoms with van der Waals surface area (Å²) in [6, 6.07) is 8.27. The second kappa shape index (κ2) is 8.15. The van der Waals surface area contributed by atoms with Crippen LogP contribution in [0.5, 0.6) is 0 Å². The van der Waals surface area contributed by atoms with Crippen LogP contribution in [0.2, 0.25) is 0 Å². The zero-order valence-corrected chi connectivity index (χ0v) is 15.3. The van der Waals surface area contributed by atoms with E-state index in [0.29, 0.717) is 13.1 Å². The van der Waals surface area contributed by atoms with E-state index < -0.39 is 0 Å². The van der Waals surface area contributed by atoms with Gasteiger partial charge >= 0.3 is 0 Å². The van der Waals surface area contributed by atoms with Crippen molar-refractivity contribution in [3.05, 3.63) is 58.5 Å². The molecular formula is C20H28N2O2. The van der Waals surface area contributed by atoms with E-state index in [9.17, 15) is 4.79 Å². The van der Waals surface area contributed by atoms with E-state index in [1.54, 1.807) is 6.26 Å². The molecule has 1 aromatic carbocycles. The maximum Gasteiger partial charge on any atom is 0.234 e. The molecule has 4 nitrogen and oxygen atoms in total. The number of nitrogens with one attached hydrogen (secondary N) is 1. The van der Waals surface area contributed by atoms with Crippen LogP contribution >= 0.6 is 0 Å². The number of hydrogen-bond acceptors (Lipinski definition) is 3. The Bertz CT molecular complexity index is 654. The van der Waals surface area contributed by atoms with Crippen LogP contribution in [0.25, 0.3) is 0 Å². The van der Waals surface area contributed by atoms with Gasteiger partial charge in [0.2, 0.25) is 5.91 Å². The predicted molar refractivity (Wildman–Crippen MR) is 97.1 cm³/mol. The van der Waals surface area contributed by atoms with Gasteiger partial charge in [0.1, 0.15) is 5.76 Å². The molecule has 1 aromatic heterocycles. The normalized spacial score (nSPS) is 12.4. The Kier molecular flexibility index (Phi) is 6.21. The lowest BCUT2D eigenvalue weighted by atomic mass is 9.97. The fraction of sp³-hybridized carbons (Fsp3) is 0.450. The Morgan fingerprint density at radius 3 is 2.50 bits per heavy atom. The molecule has 1 atom stereocenters. The van der Waals surface area contributed by atoms with Gasteiger partial charge in [-0.05, 0) is 70.0 Å². The van der Waals surface area contributed by atoms with Crippen LogP contribution in [0.4, 0.5) is 0 Å². The SMILES string of the molecule is Cc1cc(C)c(CCNC(=O)CN(C)C(C)c2ccco2)c(C)c1. The lowest BCUT2D eigenvalue weighted by molar-refractivity contribution is -0.122. The molecule has 1 heterocycles. The standard InChI is InChI=1S/C20H28N2O2/c1-14-11-15(2)18(16(3)12-14)8-9-21-20(23)13-22(5)17(4)19-7-6-10-24-19/h6-7,10-12,17H,8-9,13H2,1-5H3,(H,21,23). The average Bonchev–Trinajstić information content (AvgIpc) is 3.03. The molecule has 24 heavy (non-hydrogen) atoms. The Balaban J connectivity index is 1.81. The van der Waals surface area contributed by atoms with Crippen LogP contribution in [0.3, 0.4) is 0 Å². The van der Waals surface area contributed by atoms with Crippen molar-refractivity contribution in [3.8, 4) is 0 Å². The van der Waals surface area contributed by atoms with E-state index in [0.717, 1.165) is 12.2 Å². The summed E-state index contributed by atoms with van der Waals surface area (Å²) in [6.45, 7) is 9.43. The minimum atomic E-state index is 0.0401. The number of likely N-dealkylation sites (N-methyl/N-ethyl adjacent to an activating group) is 1. The first kappa shape index (κ1) is 18.3. The molecule has 0 spiro atoms. The summed E-state index contributed by atoms with van der Waals surface area (Å²) < 4.78 is 5.40. The zero-order chi connectivity index (χ0) is 17.7. The molecule has 0 saturated carbocycles. The molecule has 0 fully saturated rings. The molecule has 2 aromatic rings. The molecule has 4 heteroatoms. The summed E-state index contributed by atoms with van der Waals surface area (Å²) in [4.78, 5) is 14.1. The second-order valence-corrected chi connectivity index (χ2v) is 6.58. The number of carbonyl (C=O) groups is 1. The van der Waals surface area contributed by atoms with Crippen LogP contribution in [0, 0.1) is 20.8 Å². The third-order valence-electron chi connectivity index (χ3n) is 4.55. The van der Waals surface area contributed by atoms with E-state index in [4.69, 9.17) is 4.42 Å². The third-order valence-corrected chi connectivity index (χ3v) is 4.55. The van der Waals surface area contributed by atoms with Gasteiger partial charge in [-0.1, -0.05) is 17.7 Å². The molecule has 0 radical (unpaired) electrons. The first-order valence-corrected chi connectivity index (χ1v) is 8.45. The van der Waals surface area contributed by atoms with Crippen molar-refractivity contribution in [2.45, 2.75) is 40.2 Å². The minimum Gasteiger partial charge on any atom is -0.468 e. The molecule has 0 aliphatic carbocycles.